The summed E-state index contributed by atoms with van der Waals surface area (Å²) in [5.74, 6) is -0.101. The molecule has 3 N–H and O–H groups in total. The van der Waals surface area contributed by atoms with Crippen LogP contribution in [0.15, 0.2) is 77.7 Å². The molecule has 1 aliphatic carbocycles. The van der Waals surface area contributed by atoms with Crippen LogP contribution < -0.4 is 14.6 Å². The first-order valence-electron chi connectivity index (χ1n) is 13.6. The van der Waals surface area contributed by atoms with Gasteiger partial charge in [-0.3, -0.25) is 14.8 Å². The summed E-state index contributed by atoms with van der Waals surface area (Å²) in [6, 6.07) is 18.0. The van der Waals surface area contributed by atoms with Gasteiger partial charge in [-0.05, 0) is 93.3 Å². The summed E-state index contributed by atoms with van der Waals surface area (Å²) in [6.45, 7) is 1.85. The third-order valence-electron chi connectivity index (χ3n) is 6.70. The van der Waals surface area contributed by atoms with Crippen molar-refractivity contribution in [3.8, 4) is 22.7 Å². The third-order valence-corrected chi connectivity index (χ3v) is 8.22. The summed E-state index contributed by atoms with van der Waals surface area (Å²) in [5.41, 5.74) is 3.17. The fourth-order valence-corrected chi connectivity index (χ4v) is 5.75. The number of sulfonamides is 2. The molecule has 1 fully saturated rings. The fourth-order valence-electron chi connectivity index (χ4n) is 4.67. The molecular weight excluding hydrogens is 613 g/mol. The second kappa shape index (κ2) is 13.5. The van der Waals surface area contributed by atoms with Gasteiger partial charge in [0, 0.05) is 11.6 Å². The molecule has 0 saturated heterocycles. The number of anilines is 1. The van der Waals surface area contributed by atoms with Gasteiger partial charge in [0.25, 0.3) is 5.69 Å². The Morgan fingerprint density at radius 2 is 1.61 bits per heavy atom. The van der Waals surface area contributed by atoms with Gasteiger partial charge in [0.05, 0.1) is 51.0 Å². The molecule has 1 aliphatic rings. The highest BCUT2D eigenvalue weighted by Crippen LogP contribution is 2.33. The van der Waals surface area contributed by atoms with Gasteiger partial charge < -0.3 is 4.74 Å². The van der Waals surface area contributed by atoms with Crippen LogP contribution in [0.2, 0.25) is 0 Å². The van der Waals surface area contributed by atoms with E-state index in [4.69, 9.17) is 9.88 Å². The second-order valence-corrected chi connectivity index (χ2v) is 13.6. The van der Waals surface area contributed by atoms with E-state index in [0.717, 1.165) is 55.3 Å². The summed E-state index contributed by atoms with van der Waals surface area (Å²) in [5, 5.41) is 20.4. The van der Waals surface area contributed by atoms with E-state index in [2.05, 4.69) is 9.82 Å². The lowest BCUT2D eigenvalue weighted by Crippen LogP contribution is -2.21. The van der Waals surface area contributed by atoms with Gasteiger partial charge in [0.15, 0.2) is 5.75 Å². The van der Waals surface area contributed by atoms with Crippen molar-refractivity contribution in [2.75, 3.05) is 11.0 Å². The van der Waals surface area contributed by atoms with Crippen LogP contribution in [0.25, 0.3) is 16.9 Å². The Hall–Kier alpha value is -4.34. The Morgan fingerprint density at radius 3 is 2.18 bits per heavy atom. The normalized spacial score (nSPS) is 13.9. The number of non-ortho nitro benzene ring substituents is 1. The van der Waals surface area contributed by atoms with Crippen LogP contribution in [0, 0.1) is 22.9 Å². The molecule has 4 aromatic rings. The number of hydrogen-bond donors (Lipinski definition) is 2. The van der Waals surface area contributed by atoms with E-state index in [1.165, 1.54) is 42.5 Å². The molecule has 234 valence electrons. The van der Waals surface area contributed by atoms with Gasteiger partial charge in [-0.2, -0.15) is 5.10 Å². The van der Waals surface area contributed by atoms with E-state index in [-0.39, 0.29) is 33.9 Å². The molecule has 5 rings (SSSR count). The number of aryl methyl sites for hydroxylation is 1. The van der Waals surface area contributed by atoms with Gasteiger partial charge in [0.1, 0.15) is 5.82 Å². The van der Waals surface area contributed by atoms with Crippen molar-refractivity contribution in [3.05, 3.63) is 94.4 Å². The van der Waals surface area contributed by atoms with Crippen LogP contribution in [0.5, 0.6) is 5.75 Å². The van der Waals surface area contributed by atoms with Crippen molar-refractivity contribution in [1.82, 2.24) is 9.78 Å². The average molecular weight is 646 g/mol. The topological polar surface area (TPSA) is 177 Å². The van der Waals surface area contributed by atoms with Gasteiger partial charge in [-0.1, -0.05) is 6.42 Å². The van der Waals surface area contributed by atoms with E-state index < -0.39 is 25.0 Å². The van der Waals surface area contributed by atoms with Crippen molar-refractivity contribution in [2.45, 2.75) is 50.0 Å². The van der Waals surface area contributed by atoms with Crippen molar-refractivity contribution in [2.24, 2.45) is 5.14 Å². The number of aromatic nitrogens is 2. The molecule has 1 saturated carbocycles. The first-order chi connectivity index (χ1) is 20.7. The molecule has 1 heterocycles. The average Bonchev–Trinajstić information content (AvgIpc) is 3.35. The number of halogens is 1. The smallest absolute Gasteiger partial charge is 0.273 e. The number of nitrogens with zero attached hydrogens (tertiary/aromatic N) is 3. The first kappa shape index (κ1) is 32.6. The number of ether oxygens (including phenoxy) is 1. The third kappa shape index (κ3) is 8.84. The predicted molar refractivity (Wildman–Crippen MR) is 164 cm³/mol. The first-order valence-corrected chi connectivity index (χ1v) is 17.0. The van der Waals surface area contributed by atoms with Crippen molar-refractivity contribution < 1.29 is 30.9 Å². The van der Waals surface area contributed by atoms with Crippen molar-refractivity contribution in [1.29, 1.82) is 0 Å². The zero-order valence-electron chi connectivity index (χ0n) is 24.0. The lowest BCUT2D eigenvalue weighted by atomic mass is 9.98. The van der Waals surface area contributed by atoms with E-state index in [1.807, 2.05) is 13.0 Å². The lowest BCUT2D eigenvalue weighted by molar-refractivity contribution is -0.384. The van der Waals surface area contributed by atoms with E-state index in [0.29, 0.717) is 5.69 Å². The largest absolute Gasteiger partial charge is 0.488 e. The molecule has 3 aromatic carbocycles. The minimum Gasteiger partial charge on any atom is -0.488 e. The number of primary sulfonamides is 1. The highest BCUT2D eigenvalue weighted by Gasteiger charge is 2.20. The Labute approximate surface area is 254 Å². The zero-order chi connectivity index (χ0) is 32.1. The molecule has 15 heteroatoms. The number of nitrogens with two attached hydrogens (primary N) is 1. The summed E-state index contributed by atoms with van der Waals surface area (Å²) in [6.07, 6.45) is 6.01. The SMILES string of the molecule is CS(=O)(=O)Nc1ccc([N+](=O)[O-])cc1OC1CCCCC1.Cc1cc(-c2ccc(F)cc2)n(-c2ccc(S(N)(=O)=O)cc2)n1. The number of benzene rings is 3. The van der Waals surface area contributed by atoms with Gasteiger partial charge >= 0.3 is 0 Å². The summed E-state index contributed by atoms with van der Waals surface area (Å²) in [4.78, 5) is 10.4. The maximum absolute atomic E-state index is 13.1. The Morgan fingerprint density at radius 1 is 0.977 bits per heavy atom. The number of nitro benzene ring substituents is 1. The maximum atomic E-state index is 13.1. The van der Waals surface area contributed by atoms with Crippen LogP contribution in [-0.4, -0.2) is 43.9 Å². The predicted octanol–water partition coefficient (Wildman–Crippen LogP) is 5.31. The van der Waals surface area contributed by atoms with Crippen LogP contribution in [0.3, 0.4) is 0 Å². The Kier molecular flexibility index (Phi) is 10.0. The summed E-state index contributed by atoms with van der Waals surface area (Å²) >= 11 is 0. The molecule has 0 aliphatic heterocycles. The molecule has 44 heavy (non-hydrogen) atoms. The van der Waals surface area contributed by atoms with E-state index in [9.17, 15) is 31.3 Å². The standard InChI is InChI=1S/C16H14FN3O2S.C13H18N2O5S/c1-11-10-16(12-2-4-13(17)5-3-12)20(19-11)14-6-8-15(9-7-14)23(18,21)22;1-21(18,19)14-12-8-7-10(15(16)17)9-13(12)20-11-5-3-2-4-6-11/h2-10H,1H3,(H2,18,21,22);7-9,11,14H,2-6H2,1H3. The summed E-state index contributed by atoms with van der Waals surface area (Å²) in [7, 11) is -7.21. The fraction of sp³-hybridized carbons (Fsp3) is 0.276. The molecule has 0 bridgehead atoms. The van der Waals surface area contributed by atoms with Crippen molar-refractivity contribution >= 4 is 31.4 Å². The molecule has 12 nitrogen and oxygen atoms in total. The Balaban J connectivity index is 0.000000202. The minimum atomic E-state index is -3.73. The van der Waals surface area contributed by atoms with Crippen LogP contribution in [0.1, 0.15) is 37.8 Å². The lowest BCUT2D eigenvalue weighted by Gasteiger charge is -2.24. The van der Waals surface area contributed by atoms with Gasteiger partial charge in [0.2, 0.25) is 20.0 Å². The molecular formula is C29H32FN5O7S2. The molecule has 0 radical (unpaired) electrons. The van der Waals surface area contributed by atoms with Crippen molar-refractivity contribution in [3.63, 3.8) is 0 Å². The monoisotopic (exact) mass is 645 g/mol. The molecule has 0 amide bonds. The van der Waals surface area contributed by atoms with Crippen LogP contribution in [0.4, 0.5) is 15.8 Å². The molecule has 0 atom stereocenters. The minimum absolute atomic E-state index is 0.0270. The van der Waals surface area contributed by atoms with Gasteiger partial charge in [-0.15, -0.1) is 0 Å². The van der Waals surface area contributed by atoms with Crippen LogP contribution >= 0.6 is 0 Å². The zero-order valence-corrected chi connectivity index (χ0v) is 25.6. The highest BCUT2D eigenvalue weighted by molar-refractivity contribution is 7.92. The molecule has 1 aromatic heterocycles. The molecule has 0 spiro atoms. The van der Waals surface area contributed by atoms with E-state index in [1.54, 1.807) is 28.9 Å². The quantitative estimate of drug-likeness (QED) is 0.191. The highest BCUT2D eigenvalue weighted by atomic mass is 32.2. The van der Waals surface area contributed by atoms with Crippen LogP contribution in [-0.2, 0) is 20.0 Å². The number of rotatable bonds is 8. The Bertz CT molecular complexity index is 1840. The number of hydrogen-bond acceptors (Lipinski definition) is 8. The van der Waals surface area contributed by atoms with Gasteiger partial charge in [-0.25, -0.2) is 31.0 Å². The number of nitro groups is 1. The number of nitrogens with one attached hydrogen (secondary N) is 1. The second-order valence-electron chi connectivity index (χ2n) is 10.3. The maximum Gasteiger partial charge on any atom is 0.273 e. The molecule has 0 unspecified atom stereocenters. The summed E-state index contributed by atoms with van der Waals surface area (Å²) < 4.78 is 68.3. The van der Waals surface area contributed by atoms with E-state index >= 15 is 0 Å².